The van der Waals surface area contributed by atoms with E-state index in [-0.39, 0.29) is 5.78 Å². The predicted molar refractivity (Wildman–Crippen MR) is 50.4 cm³/mol. The number of carbonyl (C=O) groups is 1. The van der Waals surface area contributed by atoms with Crippen molar-refractivity contribution >= 4 is 5.78 Å². The van der Waals surface area contributed by atoms with Crippen LogP contribution in [0.1, 0.15) is 37.3 Å². The zero-order valence-corrected chi connectivity index (χ0v) is 8.03. The second-order valence-electron chi connectivity index (χ2n) is 3.21. The van der Waals surface area contributed by atoms with Crippen molar-refractivity contribution in [1.82, 2.24) is 9.97 Å². The van der Waals surface area contributed by atoms with Gasteiger partial charge in [-0.2, -0.15) is 0 Å². The van der Waals surface area contributed by atoms with E-state index in [1.807, 2.05) is 0 Å². The molecule has 3 heteroatoms. The van der Waals surface area contributed by atoms with E-state index in [0.717, 1.165) is 6.42 Å². The second kappa shape index (κ2) is 4.70. The summed E-state index contributed by atoms with van der Waals surface area (Å²) in [6.45, 7) is 4.13. The van der Waals surface area contributed by atoms with Crippen molar-refractivity contribution in [1.29, 1.82) is 0 Å². The molecule has 0 aliphatic rings. The smallest absolute Gasteiger partial charge is 0.200 e. The molecule has 0 N–H and O–H groups in total. The predicted octanol–water partition coefficient (Wildman–Crippen LogP) is 2.10. The molecule has 0 bridgehead atoms. The van der Waals surface area contributed by atoms with Crippen LogP contribution in [0.15, 0.2) is 18.5 Å². The molecule has 0 radical (unpaired) electrons. The zero-order chi connectivity index (χ0) is 9.68. The quantitative estimate of drug-likeness (QED) is 0.663. The van der Waals surface area contributed by atoms with E-state index >= 15 is 0 Å². The molecule has 1 aromatic rings. The van der Waals surface area contributed by atoms with Gasteiger partial charge in [0.1, 0.15) is 0 Å². The van der Waals surface area contributed by atoms with Crippen LogP contribution in [0, 0.1) is 5.92 Å². The highest BCUT2D eigenvalue weighted by molar-refractivity contribution is 5.92. The summed E-state index contributed by atoms with van der Waals surface area (Å²) < 4.78 is 0. The van der Waals surface area contributed by atoms with Gasteiger partial charge in [-0.05, 0) is 12.0 Å². The second-order valence-corrected chi connectivity index (χ2v) is 3.21. The summed E-state index contributed by atoms with van der Waals surface area (Å²) in [5, 5.41) is 0. The molecule has 1 unspecified atom stereocenters. The normalized spacial score (nSPS) is 12.5. The van der Waals surface area contributed by atoms with Crippen LogP contribution in [-0.2, 0) is 0 Å². The van der Waals surface area contributed by atoms with Crippen molar-refractivity contribution in [3.8, 4) is 0 Å². The van der Waals surface area contributed by atoms with Crippen molar-refractivity contribution in [3.05, 3.63) is 24.3 Å². The molecule has 0 fully saturated rings. The Morgan fingerprint density at radius 3 is 2.62 bits per heavy atom. The SMILES string of the molecule is CCC(C)CC(=O)c1ncccn1. The Morgan fingerprint density at radius 2 is 2.08 bits per heavy atom. The maximum atomic E-state index is 11.5. The molecule has 0 saturated carbocycles. The molecule has 13 heavy (non-hydrogen) atoms. The molecular formula is C10H14N2O. The molecule has 0 spiro atoms. The van der Waals surface area contributed by atoms with Gasteiger partial charge in [0.25, 0.3) is 0 Å². The maximum Gasteiger partial charge on any atom is 0.200 e. The van der Waals surface area contributed by atoms with E-state index in [1.54, 1.807) is 18.5 Å². The van der Waals surface area contributed by atoms with Crippen LogP contribution in [-0.4, -0.2) is 15.8 Å². The first-order chi connectivity index (χ1) is 6.24. The van der Waals surface area contributed by atoms with Crippen molar-refractivity contribution in [2.24, 2.45) is 5.92 Å². The Bertz CT molecular complexity index is 272. The Kier molecular flexibility index (Phi) is 3.55. The average Bonchev–Trinajstić information content (AvgIpc) is 2.19. The van der Waals surface area contributed by atoms with E-state index in [9.17, 15) is 4.79 Å². The minimum absolute atomic E-state index is 0.0370. The minimum atomic E-state index is 0.0370. The summed E-state index contributed by atoms with van der Waals surface area (Å²) in [7, 11) is 0. The number of rotatable bonds is 4. The Balaban J connectivity index is 2.59. The monoisotopic (exact) mass is 178 g/mol. The highest BCUT2D eigenvalue weighted by Crippen LogP contribution is 2.09. The molecule has 0 saturated heterocycles. The molecule has 0 aliphatic heterocycles. The van der Waals surface area contributed by atoms with Gasteiger partial charge in [-0.1, -0.05) is 20.3 Å². The molecule has 1 rings (SSSR count). The van der Waals surface area contributed by atoms with Crippen molar-refractivity contribution < 1.29 is 4.79 Å². The fourth-order valence-electron chi connectivity index (χ4n) is 0.995. The Hall–Kier alpha value is -1.25. The third kappa shape index (κ3) is 2.93. The van der Waals surface area contributed by atoms with Gasteiger partial charge in [-0.3, -0.25) is 4.79 Å². The molecule has 1 heterocycles. The van der Waals surface area contributed by atoms with Crippen LogP contribution in [0.3, 0.4) is 0 Å². The number of nitrogens with zero attached hydrogens (tertiary/aromatic N) is 2. The summed E-state index contributed by atoms with van der Waals surface area (Å²) in [4.78, 5) is 19.3. The number of ketones is 1. The molecule has 0 amide bonds. The maximum absolute atomic E-state index is 11.5. The standard InChI is InChI=1S/C10H14N2O/c1-3-8(2)7-9(13)10-11-5-4-6-12-10/h4-6,8H,3,7H2,1-2H3. The molecule has 0 aromatic carbocycles. The number of aromatic nitrogens is 2. The van der Waals surface area contributed by atoms with Gasteiger partial charge in [0.15, 0.2) is 11.6 Å². The van der Waals surface area contributed by atoms with Gasteiger partial charge in [-0.15, -0.1) is 0 Å². The first-order valence-electron chi connectivity index (χ1n) is 4.54. The number of Topliss-reactive ketones (excluding diaryl/α,β-unsaturated/α-hetero) is 1. The molecule has 1 aromatic heterocycles. The van der Waals surface area contributed by atoms with Gasteiger partial charge in [-0.25, -0.2) is 9.97 Å². The van der Waals surface area contributed by atoms with Crippen LogP contribution >= 0.6 is 0 Å². The summed E-state index contributed by atoms with van der Waals surface area (Å²) in [5.74, 6) is 0.786. The number of carbonyl (C=O) groups excluding carboxylic acids is 1. The topological polar surface area (TPSA) is 42.9 Å². The third-order valence-electron chi connectivity index (χ3n) is 2.05. The molecule has 70 valence electrons. The third-order valence-corrected chi connectivity index (χ3v) is 2.05. The first kappa shape index (κ1) is 9.84. The fraction of sp³-hybridized carbons (Fsp3) is 0.500. The van der Waals surface area contributed by atoms with E-state index in [1.165, 1.54) is 0 Å². The Labute approximate surface area is 78.2 Å². The van der Waals surface area contributed by atoms with Gasteiger partial charge in [0.05, 0.1) is 0 Å². The Morgan fingerprint density at radius 1 is 1.46 bits per heavy atom. The van der Waals surface area contributed by atoms with Crippen molar-refractivity contribution in [3.63, 3.8) is 0 Å². The molecule has 3 nitrogen and oxygen atoms in total. The van der Waals surface area contributed by atoms with Crippen LogP contribution in [0.25, 0.3) is 0 Å². The number of hydrogen-bond acceptors (Lipinski definition) is 3. The first-order valence-corrected chi connectivity index (χ1v) is 4.54. The van der Waals surface area contributed by atoms with Crippen LogP contribution in [0.2, 0.25) is 0 Å². The van der Waals surface area contributed by atoms with E-state index < -0.39 is 0 Å². The largest absolute Gasteiger partial charge is 0.291 e. The van der Waals surface area contributed by atoms with Crippen LogP contribution in [0.5, 0.6) is 0 Å². The van der Waals surface area contributed by atoms with E-state index in [4.69, 9.17) is 0 Å². The molecular weight excluding hydrogens is 164 g/mol. The highest BCUT2D eigenvalue weighted by Gasteiger charge is 2.11. The average molecular weight is 178 g/mol. The van der Waals surface area contributed by atoms with Crippen molar-refractivity contribution in [2.45, 2.75) is 26.7 Å². The fourth-order valence-corrected chi connectivity index (χ4v) is 0.995. The lowest BCUT2D eigenvalue weighted by Crippen LogP contribution is -2.08. The van der Waals surface area contributed by atoms with E-state index in [0.29, 0.717) is 18.2 Å². The zero-order valence-electron chi connectivity index (χ0n) is 8.03. The lowest BCUT2D eigenvalue weighted by molar-refractivity contribution is 0.0953. The van der Waals surface area contributed by atoms with Crippen LogP contribution in [0.4, 0.5) is 0 Å². The van der Waals surface area contributed by atoms with Crippen molar-refractivity contribution in [2.75, 3.05) is 0 Å². The lowest BCUT2D eigenvalue weighted by atomic mass is 10.0. The van der Waals surface area contributed by atoms with Gasteiger partial charge in [0, 0.05) is 18.8 Å². The van der Waals surface area contributed by atoms with E-state index in [2.05, 4.69) is 23.8 Å². The number of hydrogen-bond donors (Lipinski definition) is 0. The van der Waals surface area contributed by atoms with Crippen LogP contribution < -0.4 is 0 Å². The highest BCUT2D eigenvalue weighted by atomic mass is 16.1. The summed E-state index contributed by atoms with van der Waals surface area (Å²) in [6.07, 6.45) is 4.74. The molecule has 1 atom stereocenters. The summed E-state index contributed by atoms with van der Waals surface area (Å²) in [5.41, 5.74) is 0. The van der Waals surface area contributed by atoms with Gasteiger partial charge < -0.3 is 0 Å². The lowest BCUT2D eigenvalue weighted by Gasteiger charge is -2.04. The summed E-state index contributed by atoms with van der Waals surface area (Å²) >= 11 is 0. The molecule has 0 aliphatic carbocycles. The van der Waals surface area contributed by atoms with Gasteiger partial charge in [0.2, 0.25) is 0 Å². The van der Waals surface area contributed by atoms with Gasteiger partial charge >= 0.3 is 0 Å². The minimum Gasteiger partial charge on any atom is -0.291 e. The summed E-state index contributed by atoms with van der Waals surface area (Å²) in [6, 6.07) is 1.71.